The van der Waals surface area contributed by atoms with Crippen LogP contribution in [0.2, 0.25) is 0 Å². The molecule has 2 heteroatoms. The molecule has 0 unspecified atom stereocenters. The Bertz CT molecular complexity index is 988. The normalized spacial score (nSPS) is 11.2. The molecule has 0 amide bonds. The Kier molecular flexibility index (Phi) is 6.13. The number of allylic oxidation sites excluding steroid dienone is 2. The predicted octanol–water partition coefficient (Wildman–Crippen LogP) is 6.10. The summed E-state index contributed by atoms with van der Waals surface area (Å²) in [6.45, 7) is 3.86. The van der Waals surface area contributed by atoms with Gasteiger partial charge in [-0.05, 0) is 54.3 Å². The molecular formula is C26H22O2. The van der Waals surface area contributed by atoms with Crippen molar-refractivity contribution in [2.45, 2.75) is 13.8 Å². The first-order valence-electron chi connectivity index (χ1n) is 9.21. The van der Waals surface area contributed by atoms with Gasteiger partial charge in [0, 0.05) is 11.1 Å². The maximum absolute atomic E-state index is 12.4. The number of aryl methyl sites for hydroxylation is 2. The Balaban J connectivity index is 1.74. The predicted molar refractivity (Wildman–Crippen MR) is 116 cm³/mol. The molecule has 0 saturated heterocycles. The van der Waals surface area contributed by atoms with Crippen LogP contribution in [0.1, 0.15) is 43.0 Å². The third-order valence-electron chi connectivity index (χ3n) is 4.59. The fourth-order valence-electron chi connectivity index (χ4n) is 2.99. The maximum Gasteiger partial charge on any atom is 0.186 e. The highest BCUT2D eigenvalue weighted by Crippen LogP contribution is 2.14. The SMILES string of the molecule is Cc1ccccc1C(=O)/C=C/c1cccc(/C=C/C(=O)c2ccccc2C)c1. The molecule has 0 aromatic heterocycles. The molecule has 0 saturated carbocycles. The minimum Gasteiger partial charge on any atom is -0.289 e. The lowest BCUT2D eigenvalue weighted by Crippen LogP contribution is -1.97. The molecule has 3 aromatic carbocycles. The first kappa shape index (κ1) is 19.2. The van der Waals surface area contributed by atoms with Crippen LogP contribution in [0.5, 0.6) is 0 Å². The van der Waals surface area contributed by atoms with E-state index in [0.29, 0.717) is 11.1 Å². The lowest BCUT2D eigenvalue weighted by molar-refractivity contribution is 0.103. The molecule has 0 aliphatic heterocycles. The minimum atomic E-state index is -0.0197. The third-order valence-corrected chi connectivity index (χ3v) is 4.59. The summed E-state index contributed by atoms with van der Waals surface area (Å²) in [6, 6.07) is 22.8. The van der Waals surface area contributed by atoms with Crippen molar-refractivity contribution in [2.75, 3.05) is 0 Å². The van der Waals surface area contributed by atoms with E-state index >= 15 is 0 Å². The summed E-state index contributed by atoms with van der Waals surface area (Å²) in [5, 5.41) is 0. The Morgan fingerprint density at radius 1 is 0.607 bits per heavy atom. The van der Waals surface area contributed by atoms with E-state index in [9.17, 15) is 9.59 Å². The molecular weight excluding hydrogens is 344 g/mol. The van der Waals surface area contributed by atoms with Crippen LogP contribution < -0.4 is 0 Å². The van der Waals surface area contributed by atoms with Crippen LogP contribution in [0.3, 0.4) is 0 Å². The summed E-state index contributed by atoms with van der Waals surface area (Å²) in [5.41, 5.74) is 5.16. The number of benzene rings is 3. The molecule has 28 heavy (non-hydrogen) atoms. The maximum atomic E-state index is 12.4. The van der Waals surface area contributed by atoms with Gasteiger partial charge in [-0.2, -0.15) is 0 Å². The molecule has 0 radical (unpaired) electrons. The van der Waals surface area contributed by atoms with Crippen molar-refractivity contribution in [1.29, 1.82) is 0 Å². The van der Waals surface area contributed by atoms with Crippen molar-refractivity contribution in [1.82, 2.24) is 0 Å². The number of hydrogen-bond donors (Lipinski definition) is 0. The largest absolute Gasteiger partial charge is 0.289 e. The fraction of sp³-hybridized carbons (Fsp3) is 0.0769. The molecule has 0 aliphatic carbocycles. The second-order valence-electron chi connectivity index (χ2n) is 6.70. The number of carbonyl (C=O) groups is 2. The zero-order valence-corrected chi connectivity index (χ0v) is 16.1. The van der Waals surface area contributed by atoms with Gasteiger partial charge in [-0.15, -0.1) is 0 Å². The zero-order valence-electron chi connectivity index (χ0n) is 16.1. The van der Waals surface area contributed by atoms with Crippen LogP contribution in [-0.4, -0.2) is 11.6 Å². The van der Waals surface area contributed by atoms with Crippen LogP contribution in [0.4, 0.5) is 0 Å². The van der Waals surface area contributed by atoms with Crippen LogP contribution in [-0.2, 0) is 0 Å². The van der Waals surface area contributed by atoms with E-state index in [1.807, 2.05) is 86.6 Å². The molecule has 0 atom stereocenters. The summed E-state index contributed by atoms with van der Waals surface area (Å²) in [7, 11) is 0. The first-order valence-corrected chi connectivity index (χ1v) is 9.21. The van der Waals surface area contributed by atoms with Crippen molar-refractivity contribution in [2.24, 2.45) is 0 Å². The monoisotopic (exact) mass is 366 g/mol. The molecule has 138 valence electrons. The van der Waals surface area contributed by atoms with Gasteiger partial charge in [0.05, 0.1) is 0 Å². The molecule has 0 N–H and O–H groups in total. The highest BCUT2D eigenvalue weighted by atomic mass is 16.1. The number of hydrogen-bond acceptors (Lipinski definition) is 2. The number of carbonyl (C=O) groups excluding carboxylic acids is 2. The molecule has 3 aromatic rings. The van der Waals surface area contributed by atoms with Gasteiger partial charge in [-0.1, -0.05) is 78.9 Å². The molecule has 0 aliphatic rings. The van der Waals surface area contributed by atoms with E-state index in [2.05, 4.69) is 0 Å². The van der Waals surface area contributed by atoms with E-state index in [1.165, 1.54) is 0 Å². The Morgan fingerprint density at radius 2 is 1.04 bits per heavy atom. The number of rotatable bonds is 6. The zero-order chi connectivity index (χ0) is 19.9. The Labute approximate surface area is 165 Å². The quantitative estimate of drug-likeness (QED) is 0.390. The van der Waals surface area contributed by atoms with E-state index in [4.69, 9.17) is 0 Å². The molecule has 0 heterocycles. The van der Waals surface area contributed by atoms with Crippen LogP contribution in [0.15, 0.2) is 84.9 Å². The van der Waals surface area contributed by atoms with Gasteiger partial charge >= 0.3 is 0 Å². The van der Waals surface area contributed by atoms with Crippen molar-refractivity contribution in [3.05, 3.63) is 118 Å². The third kappa shape index (κ3) is 4.80. The van der Waals surface area contributed by atoms with Gasteiger partial charge in [0.15, 0.2) is 11.6 Å². The standard InChI is InChI=1S/C26H22O2/c1-19-8-3-5-12-23(19)25(27)16-14-21-10-7-11-22(18-21)15-17-26(28)24-13-6-4-9-20(24)2/h3-18H,1-2H3/b16-14+,17-15+. The van der Waals surface area contributed by atoms with Gasteiger partial charge in [-0.25, -0.2) is 0 Å². The fourth-order valence-corrected chi connectivity index (χ4v) is 2.99. The highest BCUT2D eigenvalue weighted by molar-refractivity contribution is 6.08. The van der Waals surface area contributed by atoms with Gasteiger partial charge in [0.1, 0.15) is 0 Å². The van der Waals surface area contributed by atoms with E-state index < -0.39 is 0 Å². The van der Waals surface area contributed by atoms with Gasteiger partial charge < -0.3 is 0 Å². The van der Waals surface area contributed by atoms with Gasteiger partial charge in [0.2, 0.25) is 0 Å². The van der Waals surface area contributed by atoms with Gasteiger partial charge in [0.25, 0.3) is 0 Å². The molecule has 0 spiro atoms. The van der Waals surface area contributed by atoms with Crippen molar-refractivity contribution in [3.63, 3.8) is 0 Å². The van der Waals surface area contributed by atoms with Crippen LogP contribution in [0, 0.1) is 13.8 Å². The summed E-state index contributed by atoms with van der Waals surface area (Å²) in [5.74, 6) is -0.0393. The highest BCUT2D eigenvalue weighted by Gasteiger charge is 2.05. The first-order chi connectivity index (χ1) is 13.5. The smallest absolute Gasteiger partial charge is 0.186 e. The van der Waals surface area contributed by atoms with Crippen LogP contribution in [0.25, 0.3) is 12.2 Å². The Morgan fingerprint density at radius 3 is 1.46 bits per heavy atom. The average Bonchev–Trinajstić information content (AvgIpc) is 2.71. The molecule has 2 nitrogen and oxygen atoms in total. The van der Waals surface area contributed by atoms with Gasteiger partial charge in [-0.3, -0.25) is 9.59 Å². The molecule has 0 fully saturated rings. The van der Waals surface area contributed by atoms with E-state index in [-0.39, 0.29) is 11.6 Å². The van der Waals surface area contributed by atoms with Crippen LogP contribution >= 0.6 is 0 Å². The summed E-state index contributed by atoms with van der Waals surface area (Å²) in [4.78, 5) is 24.8. The van der Waals surface area contributed by atoms with E-state index in [0.717, 1.165) is 22.3 Å². The van der Waals surface area contributed by atoms with Crippen molar-refractivity contribution >= 4 is 23.7 Å². The topological polar surface area (TPSA) is 34.1 Å². The molecule has 3 rings (SSSR count). The molecule has 0 bridgehead atoms. The van der Waals surface area contributed by atoms with E-state index in [1.54, 1.807) is 24.3 Å². The summed E-state index contributed by atoms with van der Waals surface area (Å²) >= 11 is 0. The van der Waals surface area contributed by atoms with Crippen molar-refractivity contribution < 1.29 is 9.59 Å². The average molecular weight is 366 g/mol. The summed E-state index contributed by atoms with van der Waals surface area (Å²) in [6.07, 6.45) is 6.78. The lowest BCUT2D eigenvalue weighted by Gasteiger charge is -2.01. The Hall–Kier alpha value is -3.52. The second-order valence-corrected chi connectivity index (χ2v) is 6.70. The minimum absolute atomic E-state index is 0.0197. The second kappa shape index (κ2) is 8.92. The lowest BCUT2D eigenvalue weighted by atomic mass is 10.0. The summed E-state index contributed by atoms with van der Waals surface area (Å²) < 4.78 is 0. The number of ketones is 2. The van der Waals surface area contributed by atoms with Crippen molar-refractivity contribution in [3.8, 4) is 0 Å².